The number of aromatic nitrogens is 4. The fourth-order valence-corrected chi connectivity index (χ4v) is 1.73. The highest BCUT2D eigenvalue weighted by Gasteiger charge is 2.12. The Bertz CT molecular complexity index is 722. The molecule has 3 aromatic rings. The Morgan fingerprint density at radius 3 is 2.89 bits per heavy atom. The van der Waals surface area contributed by atoms with E-state index in [-0.39, 0.29) is 0 Å². The SMILES string of the molecule is Cc1ccncc1-c1noc(-c2ccnc(N)c2)n1. The number of aryl methyl sites for hydroxylation is 1. The van der Waals surface area contributed by atoms with E-state index < -0.39 is 0 Å². The van der Waals surface area contributed by atoms with Crippen LogP contribution in [0, 0.1) is 6.92 Å². The Morgan fingerprint density at radius 2 is 2.11 bits per heavy atom. The standard InChI is InChI=1S/C13H11N5O/c1-8-2-4-15-7-10(8)12-17-13(19-18-12)9-3-5-16-11(14)6-9/h2-7H,1H3,(H2,14,16). The molecule has 0 aliphatic heterocycles. The molecule has 0 saturated heterocycles. The normalized spacial score (nSPS) is 10.6. The van der Waals surface area contributed by atoms with Gasteiger partial charge in [0.25, 0.3) is 5.89 Å². The molecule has 0 saturated carbocycles. The largest absolute Gasteiger partial charge is 0.384 e. The number of pyridine rings is 2. The molecule has 3 rings (SSSR count). The Hall–Kier alpha value is -2.76. The second kappa shape index (κ2) is 4.49. The van der Waals surface area contributed by atoms with Crippen LogP contribution in [0.25, 0.3) is 22.8 Å². The van der Waals surface area contributed by atoms with Gasteiger partial charge in [0.1, 0.15) is 5.82 Å². The van der Waals surface area contributed by atoms with Crippen LogP contribution in [0.15, 0.2) is 41.3 Å². The Kier molecular flexibility index (Phi) is 2.68. The minimum Gasteiger partial charge on any atom is -0.384 e. The van der Waals surface area contributed by atoms with Gasteiger partial charge in [-0.15, -0.1) is 0 Å². The number of nitrogens with two attached hydrogens (primary N) is 1. The van der Waals surface area contributed by atoms with Crippen molar-refractivity contribution in [1.29, 1.82) is 0 Å². The van der Waals surface area contributed by atoms with Gasteiger partial charge in [0.2, 0.25) is 5.82 Å². The summed E-state index contributed by atoms with van der Waals surface area (Å²) in [5, 5.41) is 3.97. The molecule has 19 heavy (non-hydrogen) atoms. The van der Waals surface area contributed by atoms with Crippen LogP contribution in [-0.2, 0) is 0 Å². The predicted molar refractivity (Wildman–Crippen MR) is 69.9 cm³/mol. The molecule has 0 aliphatic carbocycles. The summed E-state index contributed by atoms with van der Waals surface area (Å²) in [6.07, 6.45) is 5.04. The van der Waals surface area contributed by atoms with Gasteiger partial charge in [-0.05, 0) is 30.7 Å². The maximum atomic E-state index is 5.63. The van der Waals surface area contributed by atoms with E-state index in [1.54, 1.807) is 30.7 Å². The second-order valence-electron chi connectivity index (χ2n) is 4.08. The van der Waals surface area contributed by atoms with Crippen LogP contribution in [0.3, 0.4) is 0 Å². The van der Waals surface area contributed by atoms with Crippen molar-refractivity contribution < 1.29 is 4.52 Å². The van der Waals surface area contributed by atoms with E-state index in [0.717, 1.165) is 16.7 Å². The van der Waals surface area contributed by atoms with E-state index >= 15 is 0 Å². The molecule has 94 valence electrons. The lowest BCUT2D eigenvalue weighted by atomic mass is 10.1. The minimum atomic E-state index is 0.410. The summed E-state index contributed by atoms with van der Waals surface area (Å²) in [5.74, 6) is 1.33. The number of anilines is 1. The molecule has 2 N–H and O–H groups in total. The molecular weight excluding hydrogens is 242 g/mol. The number of rotatable bonds is 2. The van der Waals surface area contributed by atoms with Gasteiger partial charge in [0.05, 0.1) is 0 Å². The molecule has 0 bridgehead atoms. The van der Waals surface area contributed by atoms with Crippen molar-refractivity contribution in [3.63, 3.8) is 0 Å². The topological polar surface area (TPSA) is 90.7 Å². The van der Waals surface area contributed by atoms with Crippen molar-refractivity contribution in [3.8, 4) is 22.8 Å². The van der Waals surface area contributed by atoms with Gasteiger partial charge in [0.15, 0.2) is 0 Å². The molecule has 0 spiro atoms. The number of nitrogen functional groups attached to an aromatic ring is 1. The lowest BCUT2D eigenvalue weighted by Gasteiger charge is -1.97. The quantitative estimate of drug-likeness (QED) is 0.751. The lowest BCUT2D eigenvalue weighted by Crippen LogP contribution is -1.90. The number of nitrogens with zero attached hydrogens (tertiary/aromatic N) is 4. The molecule has 0 unspecified atom stereocenters. The zero-order valence-electron chi connectivity index (χ0n) is 10.2. The molecule has 3 aromatic heterocycles. The summed E-state index contributed by atoms with van der Waals surface area (Å²) in [6.45, 7) is 1.97. The van der Waals surface area contributed by atoms with E-state index in [1.165, 1.54) is 0 Å². The van der Waals surface area contributed by atoms with Crippen LogP contribution in [0.2, 0.25) is 0 Å². The van der Waals surface area contributed by atoms with Gasteiger partial charge in [-0.25, -0.2) is 4.98 Å². The van der Waals surface area contributed by atoms with Crippen LogP contribution in [0.1, 0.15) is 5.56 Å². The first kappa shape index (κ1) is 11.3. The zero-order valence-corrected chi connectivity index (χ0v) is 10.2. The summed E-state index contributed by atoms with van der Waals surface area (Å²) < 4.78 is 5.24. The third kappa shape index (κ3) is 2.15. The highest BCUT2D eigenvalue weighted by Crippen LogP contribution is 2.23. The zero-order chi connectivity index (χ0) is 13.2. The van der Waals surface area contributed by atoms with Crippen molar-refractivity contribution >= 4 is 5.82 Å². The maximum Gasteiger partial charge on any atom is 0.258 e. The third-order valence-electron chi connectivity index (χ3n) is 2.73. The summed E-state index contributed by atoms with van der Waals surface area (Å²) in [4.78, 5) is 12.3. The fourth-order valence-electron chi connectivity index (χ4n) is 1.73. The van der Waals surface area contributed by atoms with Crippen LogP contribution in [0.5, 0.6) is 0 Å². The first-order valence-electron chi connectivity index (χ1n) is 5.70. The van der Waals surface area contributed by atoms with Crippen LogP contribution in [0.4, 0.5) is 5.82 Å². The predicted octanol–water partition coefficient (Wildman–Crippen LogP) is 2.08. The summed E-state index contributed by atoms with van der Waals surface area (Å²) in [6, 6.07) is 5.35. The van der Waals surface area contributed by atoms with Crippen molar-refractivity contribution in [2.75, 3.05) is 5.73 Å². The molecule has 0 aromatic carbocycles. The van der Waals surface area contributed by atoms with Crippen molar-refractivity contribution in [2.45, 2.75) is 6.92 Å². The minimum absolute atomic E-state index is 0.410. The van der Waals surface area contributed by atoms with Crippen molar-refractivity contribution in [3.05, 3.63) is 42.4 Å². The fraction of sp³-hybridized carbons (Fsp3) is 0.0769. The van der Waals surface area contributed by atoms with Gasteiger partial charge in [0, 0.05) is 29.7 Å². The molecule has 6 heteroatoms. The molecule has 0 atom stereocenters. The summed E-state index contributed by atoms with van der Waals surface area (Å²) >= 11 is 0. The van der Waals surface area contributed by atoms with E-state index in [4.69, 9.17) is 10.3 Å². The highest BCUT2D eigenvalue weighted by molar-refractivity contribution is 5.62. The van der Waals surface area contributed by atoms with Crippen molar-refractivity contribution in [1.82, 2.24) is 20.1 Å². The lowest BCUT2D eigenvalue weighted by molar-refractivity contribution is 0.432. The molecule has 0 fully saturated rings. The van der Waals surface area contributed by atoms with Gasteiger partial charge < -0.3 is 10.3 Å². The van der Waals surface area contributed by atoms with Crippen LogP contribution >= 0.6 is 0 Å². The van der Waals surface area contributed by atoms with Crippen molar-refractivity contribution in [2.24, 2.45) is 0 Å². The number of hydrogen-bond acceptors (Lipinski definition) is 6. The molecule has 0 aliphatic rings. The monoisotopic (exact) mass is 253 g/mol. The van der Waals surface area contributed by atoms with Crippen LogP contribution < -0.4 is 5.73 Å². The second-order valence-corrected chi connectivity index (χ2v) is 4.08. The number of hydrogen-bond donors (Lipinski definition) is 1. The van der Waals surface area contributed by atoms with Gasteiger partial charge >= 0.3 is 0 Å². The van der Waals surface area contributed by atoms with Gasteiger partial charge in [-0.2, -0.15) is 4.98 Å². The first-order valence-corrected chi connectivity index (χ1v) is 5.70. The van der Waals surface area contributed by atoms with Gasteiger partial charge in [-0.3, -0.25) is 4.98 Å². The molecular formula is C13H11N5O. The Labute approximate surface area is 109 Å². The smallest absolute Gasteiger partial charge is 0.258 e. The molecule has 0 radical (unpaired) electrons. The van der Waals surface area contributed by atoms with E-state index in [2.05, 4.69) is 20.1 Å². The molecule has 6 nitrogen and oxygen atoms in total. The van der Waals surface area contributed by atoms with Crippen LogP contribution in [-0.4, -0.2) is 20.1 Å². The highest BCUT2D eigenvalue weighted by atomic mass is 16.5. The van der Waals surface area contributed by atoms with Gasteiger partial charge in [-0.1, -0.05) is 5.16 Å². The van der Waals surface area contributed by atoms with E-state index in [9.17, 15) is 0 Å². The Balaban J connectivity index is 2.03. The van der Waals surface area contributed by atoms with E-state index in [1.807, 2.05) is 13.0 Å². The summed E-state index contributed by atoms with van der Waals surface area (Å²) in [5.41, 5.74) is 8.26. The summed E-state index contributed by atoms with van der Waals surface area (Å²) in [7, 11) is 0. The third-order valence-corrected chi connectivity index (χ3v) is 2.73. The molecule has 3 heterocycles. The maximum absolute atomic E-state index is 5.63. The average molecular weight is 253 g/mol. The van der Waals surface area contributed by atoms with E-state index in [0.29, 0.717) is 17.5 Å². The Morgan fingerprint density at radius 1 is 1.21 bits per heavy atom. The first-order chi connectivity index (χ1) is 9.24. The average Bonchev–Trinajstić information content (AvgIpc) is 2.89. The molecule has 0 amide bonds.